The molecule has 2 aromatic rings. The van der Waals surface area contributed by atoms with Crippen molar-refractivity contribution >= 4 is 17.5 Å². The summed E-state index contributed by atoms with van der Waals surface area (Å²) in [5, 5.41) is 5.47. The Morgan fingerprint density at radius 1 is 0.957 bits per heavy atom. The van der Waals surface area contributed by atoms with E-state index in [0.29, 0.717) is 12.8 Å². The van der Waals surface area contributed by atoms with E-state index >= 15 is 0 Å². The summed E-state index contributed by atoms with van der Waals surface area (Å²) < 4.78 is 0. The zero-order valence-corrected chi connectivity index (χ0v) is 13.6. The van der Waals surface area contributed by atoms with E-state index < -0.39 is 0 Å². The molecule has 23 heavy (non-hydrogen) atoms. The third kappa shape index (κ3) is 5.58. The monoisotopic (exact) mass is 310 g/mol. The van der Waals surface area contributed by atoms with Gasteiger partial charge in [-0.15, -0.1) is 0 Å². The number of carbonyl (C=O) groups excluding carboxylic acids is 2. The van der Waals surface area contributed by atoms with E-state index in [1.165, 1.54) is 11.1 Å². The van der Waals surface area contributed by atoms with Crippen LogP contribution in [0.3, 0.4) is 0 Å². The summed E-state index contributed by atoms with van der Waals surface area (Å²) in [6, 6.07) is 15.5. The normalized spacial score (nSPS) is 10.2. The lowest BCUT2D eigenvalue weighted by molar-refractivity contribution is -0.120. The fourth-order valence-corrected chi connectivity index (χ4v) is 2.33. The van der Waals surface area contributed by atoms with Crippen LogP contribution in [0.25, 0.3) is 0 Å². The number of benzene rings is 2. The highest BCUT2D eigenvalue weighted by Gasteiger charge is 2.05. The van der Waals surface area contributed by atoms with Gasteiger partial charge in [-0.25, -0.2) is 0 Å². The topological polar surface area (TPSA) is 58.2 Å². The van der Waals surface area contributed by atoms with Gasteiger partial charge in [-0.05, 0) is 36.6 Å². The summed E-state index contributed by atoms with van der Waals surface area (Å²) >= 11 is 0. The van der Waals surface area contributed by atoms with Gasteiger partial charge < -0.3 is 10.6 Å². The number of nitrogens with one attached hydrogen (secondary N) is 2. The van der Waals surface area contributed by atoms with Crippen molar-refractivity contribution in [2.75, 3.05) is 12.4 Å². The quantitative estimate of drug-likeness (QED) is 0.862. The van der Waals surface area contributed by atoms with Crippen LogP contribution >= 0.6 is 0 Å². The van der Waals surface area contributed by atoms with Gasteiger partial charge in [-0.1, -0.05) is 42.0 Å². The first kappa shape index (κ1) is 16.7. The highest BCUT2D eigenvalue weighted by molar-refractivity contribution is 5.90. The number of hydrogen-bond donors (Lipinski definition) is 2. The van der Waals surface area contributed by atoms with Crippen molar-refractivity contribution in [2.45, 2.75) is 26.2 Å². The van der Waals surface area contributed by atoms with Crippen molar-refractivity contribution in [1.29, 1.82) is 0 Å². The average Bonchev–Trinajstić information content (AvgIpc) is 2.55. The van der Waals surface area contributed by atoms with Crippen molar-refractivity contribution < 1.29 is 9.59 Å². The lowest BCUT2D eigenvalue weighted by atomic mass is 10.1. The Balaban J connectivity index is 1.84. The van der Waals surface area contributed by atoms with Gasteiger partial charge in [-0.2, -0.15) is 0 Å². The minimum atomic E-state index is -0.0278. The van der Waals surface area contributed by atoms with E-state index in [-0.39, 0.29) is 11.8 Å². The molecule has 0 spiro atoms. The zero-order chi connectivity index (χ0) is 16.7. The fourth-order valence-electron chi connectivity index (χ4n) is 2.33. The van der Waals surface area contributed by atoms with E-state index in [1.54, 1.807) is 7.05 Å². The van der Waals surface area contributed by atoms with Gasteiger partial charge in [0.1, 0.15) is 0 Å². The first-order chi connectivity index (χ1) is 11.1. The standard InChI is InChI=1S/C19H22N2O2/c1-14-4-3-5-15(12-14)8-11-18(22)21-17-9-6-16(7-10-17)13-19(23)20-2/h3-7,9-10,12H,8,11,13H2,1-2H3,(H,20,23)(H,21,22). The number of amides is 2. The molecule has 2 N–H and O–H groups in total. The molecule has 120 valence electrons. The minimum absolute atomic E-state index is 0.00874. The third-order valence-electron chi connectivity index (χ3n) is 3.60. The summed E-state index contributed by atoms with van der Waals surface area (Å²) in [5.74, 6) is -0.0366. The van der Waals surface area contributed by atoms with Crippen LogP contribution in [0.5, 0.6) is 0 Å². The highest BCUT2D eigenvalue weighted by Crippen LogP contribution is 2.12. The van der Waals surface area contributed by atoms with Gasteiger partial charge >= 0.3 is 0 Å². The van der Waals surface area contributed by atoms with Crippen LogP contribution < -0.4 is 10.6 Å². The maximum absolute atomic E-state index is 12.0. The van der Waals surface area contributed by atoms with E-state index in [1.807, 2.05) is 49.4 Å². The van der Waals surface area contributed by atoms with Crippen molar-refractivity contribution in [3.63, 3.8) is 0 Å². The summed E-state index contributed by atoms with van der Waals surface area (Å²) in [4.78, 5) is 23.3. The SMILES string of the molecule is CNC(=O)Cc1ccc(NC(=O)CCc2cccc(C)c2)cc1. The van der Waals surface area contributed by atoms with Gasteiger partial charge in [0.2, 0.25) is 11.8 Å². The summed E-state index contributed by atoms with van der Waals surface area (Å²) in [5.41, 5.74) is 4.04. The smallest absolute Gasteiger partial charge is 0.224 e. The summed E-state index contributed by atoms with van der Waals surface area (Å²) in [6.07, 6.45) is 1.52. The molecule has 4 heteroatoms. The predicted octanol–water partition coefficient (Wildman–Crippen LogP) is 2.85. The molecule has 0 heterocycles. The lowest BCUT2D eigenvalue weighted by Gasteiger charge is -2.07. The van der Waals surface area contributed by atoms with Crippen LogP contribution in [0.15, 0.2) is 48.5 Å². The minimum Gasteiger partial charge on any atom is -0.359 e. The number of hydrogen-bond acceptors (Lipinski definition) is 2. The summed E-state index contributed by atoms with van der Waals surface area (Å²) in [6.45, 7) is 2.05. The Bertz CT molecular complexity index is 678. The first-order valence-corrected chi connectivity index (χ1v) is 7.72. The molecule has 0 aromatic heterocycles. The Morgan fingerprint density at radius 2 is 1.70 bits per heavy atom. The third-order valence-corrected chi connectivity index (χ3v) is 3.60. The van der Waals surface area contributed by atoms with Gasteiger partial charge in [0.25, 0.3) is 0 Å². The van der Waals surface area contributed by atoms with Crippen LogP contribution in [-0.4, -0.2) is 18.9 Å². The zero-order valence-electron chi connectivity index (χ0n) is 13.6. The predicted molar refractivity (Wildman–Crippen MR) is 92.3 cm³/mol. The second kappa shape index (κ2) is 8.13. The van der Waals surface area contributed by atoms with Crippen molar-refractivity contribution in [1.82, 2.24) is 5.32 Å². The van der Waals surface area contributed by atoms with Crippen molar-refractivity contribution in [3.05, 3.63) is 65.2 Å². The molecule has 0 fully saturated rings. The second-order valence-electron chi connectivity index (χ2n) is 5.58. The van der Waals surface area contributed by atoms with E-state index in [9.17, 15) is 9.59 Å². The van der Waals surface area contributed by atoms with Gasteiger partial charge in [-0.3, -0.25) is 9.59 Å². The van der Waals surface area contributed by atoms with E-state index in [2.05, 4.69) is 16.7 Å². The molecule has 2 amide bonds. The number of aryl methyl sites for hydroxylation is 2. The number of carbonyl (C=O) groups is 2. The molecule has 0 aliphatic carbocycles. The van der Waals surface area contributed by atoms with Crippen molar-refractivity contribution in [3.8, 4) is 0 Å². The molecule has 0 radical (unpaired) electrons. The Kier molecular flexibility index (Phi) is 5.92. The fraction of sp³-hybridized carbons (Fsp3) is 0.263. The molecule has 0 atom stereocenters. The molecular formula is C19H22N2O2. The van der Waals surface area contributed by atoms with Gasteiger partial charge in [0.05, 0.1) is 6.42 Å². The number of rotatable bonds is 6. The van der Waals surface area contributed by atoms with Gasteiger partial charge in [0, 0.05) is 19.2 Å². The van der Waals surface area contributed by atoms with Crippen LogP contribution in [0.2, 0.25) is 0 Å². The highest BCUT2D eigenvalue weighted by atomic mass is 16.2. The maximum Gasteiger partial charge on any atom is 0.224 e. The van der Waals surface area contributed by atoms with Crippen LogP contribution in [0.4, 0.5) is 5.69 Å². The van der Waals surface area contributed by atoms with Crippen LogP contribution in [0, 0.1) is 6.92 Å². The molecule has 4 nitrogen and oxygen atoms in total. The molecule has 0 bridgehead atoms. The number of likely N-dealkylation sites (N-methyl/N-ethyl adjacent to an activating group) is 1. The van der Waals surface area contributed by atoms with Gasteiger partial charge in [0.15, 0.2) is 0 Å². The first-order valence-electron chi connectivity index (χ1n) is 7.72. The number of anilines is 1. The van der Waals surface area contributed by atoms with Crippen molar-refractivity contribution in [2.24, 2.45) is 0 Å². The largest absolute Gasteiger partial charge is 0.359 e. The Labute approximate surface area is 136 Å². The Hall–Kier alpha value is -2.62. The van der Waals surface area contributed by atoms with Crippen LogP contribution in [-0.2, 0) is 22.4 Å². The molecule has 0 saturated carbocycles. The van der Waals surface area contributed by atoms with E-state index in [0.717, 1.165) is 17.7 Å². The van der Waals surface area contributed by atoms with E-state index in [4.69, 9.17) is 0 Å². The lowest BCUT2D eigenvalue weighted by Crippen LogP contribution is -2.19. The summed E-state index contributed by atoms with van der Waals surface area (Å²) in [7, 11) is 1.62. The molecule has 0 saturated heterocycles. The molecule has 0 aliphatic rings. The Morgan fingerprint density at radius 3 is 2.35 bits per heavy atom. The average molecular weight is 310 g/mol. The molecule has 0 unspecified atom stereocenters. The molecular weight excluding hydrogens is 288 g/mol. The molecule has 2 rings (SSSR count). The maximum atomic E-state index is 12.0. The molecule has 2 aromatic carbocycles. The molecule has 0 aliphatic heterocycles. The second-order valence-corrected chi connectivity index (χ2v) is 5.58. The van der Waals surface area contributed by atoms with Crippen LogP contribution in [0.1, 0.15) is 23.1 Å².